The first-order valence-electron chi connectivity index (χ1n) is 4.73. The molecule has 0 aliphatic rings. The standard InChI is InChI=1S/C9H16N4O/c1-3-13(4-2)6-7-5-11-9(12-7)8(10)14/h5H,3-4,6H2,1-2H3,(H2,10,14)(H,11,12). The van der Waals surface area contributed by atoms with Crippen molar-refractivity contribution in [2.75, 3.05) is 13.1 Å². The zero-order valence-electron chi connectivity index (χ0n) is 8.58. The van der Waals surface area contributed by atoms with Crippen LogP contribution in [-0.2, 0) is 6.54 Å². The van der Waals surface area contributed by atoms with Gasteiger partial charge in [0.25, 0.3) is 5.91 Å². The monoisotopic (exact) mass is 196 g/mol. The van der Waals surface area contributed by atoms with Gasteiger partial charge in [0.2, 0.25) is 0 Å². The Hall–Kier alpha value is -1.36. The smallest absolute Gasteiger partial charge is 0.284 e. The van der Waals surface area contributed by atoms with Crippen LogP contribution in [0.25, 0.3) is 0 Å². The van der Waals surface area contributed by atoms with Crippen molar-refractivity contribution in [3.63, 3.8) is 0 Å². The van der Waals surface area contributed by atoms with E-state index in [4.69, 9.17) is 5.73 Å². The molecule has 14 heavy (non-hydrogen) atoms. The summed E-state index contributed by atoms with van der Waals surface area (Å²) in [7, 11) is 0. The van der Waals surface area contributed by atoms with Crippen molar-refractivity contribution in [1.29, 1.82) is 0 Å². The van der Waals surface area contributed by atoms with E-state index in [0.717, 1.165) is 25.3 Å². The highest BCUT2D eigenvalue weighted by atomic mass is 16.1. The maximum Gasteiger partial charge on any atom is 0.284 e. The molecule has 3 N–H and O–H groups in total. The normalized spacial score (nSPS) is 10.8. The van der Waals surface area contributed by atoms with Crippen LogP contribution in [0.2, 0.25) is 0 Å². The van der Waals surface area contributed by atoms with E-state index in [2.05, 4.69) is 28.7 Å². The molecule has 1 amide bonds. The van der Waals surface area contributed by atoms with E-state index in [0.29, 0.717) is 0 Å². The van der Waals surface area contributed by atoms with E-state index >= 15 is 0 Å². The molecule has 0 radical (unpaired) electrons. The summed E-state index contributed by atoms with van der Waals surface area (Å²) in [5, 5.41) is 0. The second-order valence-corrected chi connectivity index (χ2v) is 3.08. The van der Waals surface area contributed by atoms with Gasteiger partial charge in [0.1, 0.15) is 0 Å². The molecule has 0 saturated carbocycles. The third-order valence-electron chi connectivity index (χ3n) is 2.15. The van der Waals surface area contributed by atoms with Gasteiger partial charge in [0.05, 0.1) is 6.20 Å². The van der Waals surface area contributed by atoms with Crippen molar-refractivity contribution in [3.8, 4) is 0 Å². The zero-order valence-corrected chi connectivity index (χ0v) is 8.58. The Morgan fingerprint density at radius 1 is 1.57 bits per heavy atom. The fourth-order valence-corrected chi connectivity index (χ4v) is 1.25. The van der Waals surface area contributed by atoms with Crippen LogP contribution in [0.5, 0.6) is 0 Å². The highest BCUT2D eigenvalue weighted by molar-refractivity contribution is 5.88. The summed E-state index contributed by atoms with van der Waals surface area (Å²) in [6.07, 6.45) is 1.65. The number of nitrogens with one attached hydrogen (secondary N) is 1. The highest BCUT2D eigenvalue weighted by Crippen LogP contribution is 2.01. The van der Waals surface area contributed by atoms with Gasteiger partial charge in [-0.1, -0.05) is 13.8 Å². The van der Waals surface area contributed by atoms with Crippen molar-refractivity contribution in [2.24, 2.45) is 5.73 Å². The number of hydrogen-bond acceptors (Lipinski definition) is 3. The van der Waals surface area contributed by atoms with E-state index in [1.807, 2.05) is 0 Å². The summed E-state index contributed by atoms with van der Waals surface area (Å²) >= 11 is 0. The minimum Gasteiger partial charge on any atom is -0.363 e. The largest absolute Gasteiger partial charge is 0.363 e. The minimum atomic E-state index is -0.518. The van der Waals surface area contributed by atoms with Gasteiger partial charge in [-0.15, -0.1) is 0 Å². The predicted molar refractivity (Wildman–Crippen MR) is 53.7 cm³/mol. The van der Waals surface area contributed by atoms with Gasteiger partial charge in [-0.2, -0.15) is 0 Å². The SMILES string of the molecule is CCN(CC)Cc1cnc(C(N)=O)[nH]1. The van der Waals surface area contributed by atoms with Crippen LogP contribution in [0.4, 0.5) is 0 Å². The van der Waals surface area contributed by atoms with E-state index in [1.165, 1.54) is 0 Å². The van der Waals surface area contributed by atoms with Gasteiger partial charge in [-0.3, -0.25) is 9.69 Å². The van der Waals surface area contributed by atoms with Crippen molar-refractivity contribution in [1.82, 2.24) is 14.9 Å². The Morgan fingerprint density at radius 3 is 2.64 bits per heavy atom. The Morgan fingerprint density at radius 2 is 2.21 bits per heavy atom. The molecular weight excluding hydrogens is 180 g/mol. The molecule has 0 atom stereocenters. The van der Waals surface area contributed by atoms with Crippen LogP contribution < -0.4 is 5.73 Å². The number of amides is 1. The van der Waals surface area contributed by atoms with E-state index in [9.17, 15) is 4.79 Å². The van der Waals surface area contributed by atoms with Crippen LogP contribution >= 0.6 is 0 Å². The van der Waals surface area contributed by atoms with Crippen LogP contribution in [-0.4, -0.2) is 33.9 Å². The van der Waals surface area contributed by atoms with Crippen LogP contribution in [0.3, 0.4) is 0 Å². The number of nitrogens with two attached hydrogens (primary N) is 1. The van der Waals surface area contributed by atoms with Crippen molar-refractivity contribution in [3.05, 3.63) is 17.7 Å². The van der Waals surface area contributed by atoms with Gasteiger partial charge in [-0.25, -0.2) is 4.98 Å². The second-order valence-electron chi connectivity index (χ2n) is 3.08. The van der Waals surface area contributed by atoms with Gasteiger partial charge in [-0.05, 0) is 13.1 Å². The lowest BCUT2D eigenvalue weighted by Crippen LogP contribution is -2.22. The third-order valence-corrected chi connectivity index (χ3v) is 2.15. The number of carbonyl (C=O) groups is 1. The summed E-state index contributed by atoms with van der Waals surface area (Å²) < 4.78 is 0. The van der Waals surface area contributed by atoms with Crippen molar-refractivity contribution >= 4 is 5.91 Å². The number of primary amides is 1. The van der Waals surface area contributed by atoms with E-state index in [-0.39, 0.29) is 5.82 Å². The topological polar surface area (TPSA) is 75.0 Å². The van der Waals surface area contributed by atoms with E-state index < -0.39 is 5.91 Å². The Bertz CT molecular complexity index is 304. The van der Waals surface area contributed by atoms with Crippen molar-refractivity contribution in [2.45, 2.75) is 20.4 Å². The number of nitrogens with zero attached hydrogens (tertiary/aromatic N) is 2. The molecule has 1 aromatic heterocycles. The molecule has 0 aliphatic carbocycles. The van der Waals surface area contributed by atoms with Crippen LogP contribution in [0.15, 0.2) is 6.20 Å². The van der Waals surface area contributed by atoms with E-state index in [1.54, 1.807) is 6.20 Å². The lowest BCUT2D eigenvalue weighted by molar-refractivity contribution is 0.0991. The minimum absolute atomic E-state index is 0.229. The molecule has 0 fully saturated rings. The van der Waals surface area contributed by atoms with Gasteiger partial charge < -0.3 is 10.7 Å². The zero-order chi connectivity index (χ0) is 10.6. The molecule has 5 nitrogen and oxygen atoms in total. The lowest BCUT2D eigenvalue weighted by atomic mass is 10.4. The summed E-state index contributed by atoms with van der Waals surface area (Å²) in [5.41, 5.74) is 6.00. The molecule has 0 saturated heterocycles. The molecule has 1 rings (SSSR count). The lowest BCUT2D eigenvalue weighted by Gasteiger charge is -2.16. The number of rotatable bonds is 5. The molecule has 0 spiro atoms. The summed E-state index contributed by atoms with van der Waals surface area (Å²) in [6, 6.07) is 0. The Balaban J connectivity index is 2.63. The second kappa shape index (κ2) is 4.76. The molecule has 0 bridgehead atoms. The quantitative estimate of drug-likeness (QED) is 0.713. The molecule has 5 heteroatoms. The molecular formula is C9H16N4O. The molecule has 0 unspecified atom stereocenters. The fourth-order valence-electron chi connectivity index (χ4n) is 1.25. The number of carbonyl (C=O) groups excluding carboxylic acids is 1. The van der Waals surface area contributed by atoms with Crippen molar-refractivity contribution < 1.29 is 4.79 Å². The molecule has 1 heterocycles. The number of H-pyrrole nitrogens is 1. The van der Waals surface area contributed by atoms with Crippen LogP contribution in [0.1, 0.15) is 30.2 Å². The first-order chi connectivity index (χ1) is 6.67. The van der Waals surface area contributed by atoms with Crippen LogP contribution in [0, 0.1) is 0 Å². The Labute approximate surface area is 83.3 Å². The van der Waals surface area contributed by atoms with Gasteiger partial charge in [0, 0.05) is 12.2 Å². The highest BCUT2D eigenvalue weighted by Gasteiger charge is 2.07. The molecule has 0 aromatic carbocycles. The third kappa shape index (κ3) is 2.56. The Kier molecular flexibility index (Phi) is 3.64. The number of aromatic amines is 1. The maximum absolute atomic E-state index is 10.8. The molecule has 0 aliphatic heterocycles. The average molecular weight is 196 g/mol. The summed E-state index contributed by atoms with van der Waals surface area (Å²) in [6.45, 7) is 6.90. The van der Waals surface area contributed by atoms with Gasteiger partial charge in [0.15, 0.2) is 5.82 Å². The predicted octanol–water partition coefficient (Wildman–Crippen LogP) is 0.350. The first-order valence-corrected chi connectivity index (χ1v) is 4.73. The fraction of sp³-hybridized carbons (Fsp3) is 0.556. The summed E-state index contributed by atoms with van der Waals surface area (Å²) in [5.74, 6) is -0.289. The first kappa shape index (κ1) is 10.7. The van der Waals surface area contributed by atoms with Gasteiger partial charge >= 0.3 is 0 Å². The number of imidazole rings is 1. The average Bonchev–Trinajstić information content (AvgIpc) is 2.62. The number of aromatic nitrogens is 2. The summed E-state index contributed by atoms with van der Waals surface area (Å²) in [4.78, 5) is 19.7. The molecule has 1 aromatic rings. The molecule has 78 valence electrons. The number of hydrogen-bond donors (Lipinski definition) is 2. The maximum atomic E-state index is 10.8.